The smallest absolute Gasteiger partial charge is 0.0598 e. The lowest BCUT2D eigenvalue weighted by Gasteiger charge is -2.00. The van der Waals surface area contributed by atoms with Gasteiger partial charge in [-0.2, -0.15) is 0 Å². The number of hydrogen-bond acceptors (Lipinski definition) is 0. The van der Waals surface area contributed by atoms with Crippen LogP contribution in [0.4, 0.5) is 0 Å². The lowest BCUT2D eigenvalue weighted by molar-refractivity contribution is 1.07. The largest absolute Gasteiger partial charge is 0.323 e. The van der Waals surface area contributed by atoms with Gasteiger partial charge in [-0.1, -0.05) is 42.3 Å². The zero-order chi connectivity index (χ0) is 13.4. The maximum absolute atomic E-state index is 6.07. The number of halogens is 2. The molecule has 0 radical (unpaired) electrons. The van der Waals surface area contributed by atoms with Gasteiger partial charge in [0.25, 0.3) is 0 Å². The Morgan fingerprint density at radius 3 is 2.47 bits per heavy atom. The normalized spacial score (nSPS) is 11.1. The van der Waals surface area contributed by atoms with Crippen molar-refractivity contribution in [3.63, 3.8) is 0 Å². The predicted molar refractivity (Wildman–Crippen MR) is 82.2 cm³/mol. The number of hydrogen-bond donors (Lipinski definition) is 0. The Morgan fingerprint density at radius 2 is 1.74 bits per heavy atom. The highest BCUT2D eigenvalue weighted by Crippen LogP contribution is 2.29. The number of aryl methyl sites for hydroxylation is 1. The Morgan fingerprint density at radius 1 is 0.895 bits per heavy atom. The van der Waals surface area contributed by atoms with Gasteiger partial charge in [-0.05, 0) is 41.8 Å². The quantitative estimate of drug-likeness (QED) is 0.589. The van der Waals surface area contributed by atoms with Gasteiger partial charge >= 0.3 is 0 Å². The van der Waals surface area contributed by atoms with E-state index in [4.69, 9.17) is 23.2 Å². The SMILES string of the molecule is CCc1ccc2cc(-c3ccc(Cl)c(Cl)c3)cn2c1. The summed E-state index contributed by atoms with van der Waals surface area (Å²) in [4.78, 5) is 0. The third-order valence-electron chi connectivity index (χ3n) is 3.31. The average Bonchev–Trinajstić information content (AvgIpc) is 2.84. The van der Waals surface area contributed by atoms with E-state index in [1.165, 1.54) is 11.1 Å². The molecule has 0 amide bonds. The van der Waals surface area contributed by atoms with Gasteiger partial charge in [0.15, 0.2) is 0 Å². The first-order valence-electron chi connectivity index (χ1n) is 6.23. The van der Waals surface area contributed by atoms with Crippen molar-refractivity contribution in [3.05, 3.63) is 64.4 Å². The van der Waals surface area contributed by atoms with Gasteiger partial charge in [0, 0.05) is 23.5 Å². The van der Waals surface area contributed by atoms with Crippen LogP contribution in [0.25, 0.3) is 16.6 Å². The summed E-state index contributed by atoms with van der Waals surface area (Å²) < 4.78 is 2.15. The Labute approximate surface area is 122 Å². The Balaban J connectivity index is 2.11. The van der Waals surface area contributed by atoms with E-state index in [1.54, 1.807) is 0 Å². The van der Waals surface area contributed by atoms with Crippen LogP contribution < -0.4 is 0 Å². The van der Waals surface area contributed by atoms with Crippen LogP contribution in [-0.4, -0.2) is 4.40 Å². The summed E-state index contributed by atoms with van der Waals surface area (Å²) in [5, 5.41) is 1.17. The van der Waals surface area contributed by atoms with Crippen LogP contribution in [0.2, 0.25) is 10.0 Å². The van der Waals surface area contributed by atoms with E-state index in [2.05, 4.69) is 41.9 Å². The van der Waals surface area contributed by atoms with Gasteiger partial charge in [0.05, 0.1) is 10.0 Å². The lowest BCUT2D eigenvalue weighted by Crippen LogP contribution is -1.85. The first kappa shape index (κ1) is 12.6. The van der Waals surface area contributed by atoms with Crippen molar-refractivity contribution in [2.24, 2.45) is 0 Å². The number of aromatic nitrogens is 1. The van der Waals surface area contributed by atoms with Gasteiger partial charge < -0.3 is 4.40 Å². The van der Waals surface area contributed by atoms with E-state index >= 15 is 0 Å². The number of pyridine rings is 1. The molecule has 0 atom stereocenters. The summed E-state index contributed by atoms with van der Waals surface area (Å²) in [7, 11) is 0. The molecule has 3 heteroatoms. The standard InChI is InChI=1S/C16H13Cl2N/c1-2-11-3-5-14-7-13(10-19(14)9-11)12-4-6-15(17)16(18)8-12/h3-10H,2H2,1H3. The molecule has 2 heterocycles. The molecule has 2 aromatic heterocycles. The van der Waals surface area contributed by atoms with Gasteiger partial charge in [-0.15, -0.1) is 0 Å². The zero-order valence-electron chi connectivity index (χ0n) is 10.5. The third kappa shape index (κ3) is 2.36. The molecule has 1 aromatic carbocycles. The topological polar surface area (TPSA) is 4.41 Å². The van der Waals surface area contributed by atoms with Crippen LogP contribution in [0.5, 0.6) is 0 Å². The van der Waals surface area contributed by atoms with Crippen molar-refractivity contribution in [3.8, 4) is 11.1 Å². The van der Waals surface area contributed by atoms with Crippen LogP contribution >= 0.6 is 23.2 Å². The second kappa shape index (κ2) is 4.92. The summed E-state index contributed by atoms with van der Waals surface area (Å²) in [6.45, 7) is 2.16. The Kier molecular flexibility index (Phi) is 3.26. The second-order valence-electron chi connectivity index (χ2n) is 4.58. The van der Waals surface area contributed by atoms with Crippen LogP contribution in [0.3, 0.4) is 0 Å². The second-order valence-corrected chi connectivity index (χ2v) is 5.40. The molecule has 0 fully saturated rings. The fourth-order valence-corrected chi connectivity index (χ4v) is 2.50. The average molecular weight is 290 g/mol. The Bertz CT molecular complexity index is 744. The minimum absolute atomic E-state index is 0.586. The van der Waals surface area contributed by atoms with Gasteiger partial charge in [0.2, 0.25) is 0 Å². The van der Waals surface area contributed by atoms with Crippen LogP contribution in [-0.2, 0) is 6.42 Å². The molecule has 0 N–H and O–H groups in total. The van der Waals surface area contributed by atoms with E-state index in [0.717, 1.165) is 17.5 Å². The third-order valence-corrected chi connectivity index (χ3v) is 4.05. The highest BCUT2D eigenvalue weighted by atomic mass is 35.5. The fourth-order valence-electron chi connectivity index (χ4n) is 2.20. The number of rotatable bonds is 2. The molecule has 19 heavy (non-hydrogen) atoms. The van der Waals surface area contributed by atoms with Crippen molar-refractivity contribution in [2.75, 3.05) is 0 Å². The number of benzene rings is 1. The molecule has 3 aromatic rings. The van der Waals surface area contributed by atoms with Gasteiger partial charge in [0.1, 0.15) is 0 Å². The molecule has 0 saturated heterocycles. The first-order chi connectivity index (χ1) is 9.17. The molecule has 96 valence electrons. The summed E-state index contributed by atoms with van der Waals surface area (Å²) >= 11 is 12.0. The van der Waals surface area contributed by atoms with E-state index in [9.17, 15) is 0 Å². The molecule has 3 rings (SSSR count). The zero-order valence-corrected chi connectivity index (χ0v) is 12.0. The summed E-state index contributed by atoms with van der Waals surface area (Å²) in [6.07, 6.45) is 5.32. The number of fused-ring (bicyclic) bond motifs is 1. The molecule has 0 saturated carbocycles. The maximum atomic E-state index is 6.07. The van der Waals surface area contributed by atoms with Crippen LogP contribution in [0.15, 0.2) is 48.8 Å². The molecular weight excluding hydrogens is 277 g/mol. The van der Waals surface area contributed by atoms with Crippen molar-refractivity contribution in [1.82, 2.24) is 4.40 Å². The summed E-state index contributed by atoms with van der Waals surface area (Å²) in [6, 6.07) is 12.2. The monoisotopic (exact) mass is 289 g/mol. The summed E-state index contributed by atoms with van der Waals surface area (Å²) in [5.41, 5.74) is 4.73. The van der Waals surface area contributed by atoms with Crippen LogP contribution in [0.1, 0.15) is 12.5 Å². The molecule has 0 aliphatic heterocycles. The minimum Gasteiger partial charge on any atom is -0.323 e. The molecule has 0 aliphatic rings. The van der Waals surface area contributed by atoms with Crippen molar-refractivity contribution in [1.29, 1.82) is 0 Å². The molecule has 0 spiro atoms. The first-order valence-corrected chi connectivity index (χ1v) is 6.99. The minimum atomic E-state index is 0.586. The highest BCUT2D eigenvalue weighted by molar-refractivity contribution is 6.42. The van der Waals surface area contributed by atoms with E-state index in [-0.39, 0.29) is 0 Å². The molecule has 1 nitrogen and oxygen atoms in total. The molecule has 0 unspecified atom stereocenters. The van der Waals surface area contributed by atoms with Gasteiger partial charge in [-0.3, -0.25) is 0 Å². The highest BCUT2D eigenvalue weighted by Gasteiger charge is 2.05. The van der Waals surface area contributed by atoms with Crippen molar-refractivity contribution in [2.45, 2.75) is 13.3 Å². The van der Waals surface area contributed by atoms with E-state index < -0.39 is 0 Å². The Hall–Kier alpha value is -1.44. The number of nitrogens with zero attached hydrogens (tertiary/aromatic N) is 1. The molecule has 0 aliphatic carbocycles. The maximum Gasteiger partial charge on any atom is 0.0598 e. The lowest BCUT2D eigenvalue weighted by atomic mass is 10.1. The summed E-state index contributed by atoms with van der Waals surface area (Å²) in [5.74, 6) is 0. The van der Waals surface area contributed by atoms with E-state index in [1.807, 2.05) is 18.2 Å². The fraction of sp³-hybridized carbons (Fsp3) is 0.125. The molecular formula is C16H13Cl2N. The van der Waals surface area contributed by atoms with Gasteiger partial charge in [-0.25, -0.2) is 0 Å². The van der Waals surface area contributed by atoms with Crippen LogP contribution in [0, 0.1) is 0 Å². The molecule has 0 bridgehead atoms. The van der Waals surface area contributed by atoms with E-state index in [0.29, 0.717) is 10.0 Å². The predicted octanol–water partition coefficient (Wildman–Crippen LogP) is 5.48. The van der Waals surface area contributed by atoms with Crippen molar-refractivity contribution < 1.29 is 0 Å². The van der Waals surface area contributed by atoms with Crippen molar-refractivity contribution >= 4 is 28.7 Å².